The highest BCUT2D eigenvalue weighted by Gasteiger charge is 2.19. The topological polar surface area (TPSA) is 72.0 Å². The second kappa shape index (κ2) is 5.11. The monoisotopic (exact) mass is 319 g/mol. The molecule has 5 nitrogen and oxygen atoms in total. The predicted molar refractivity (Wildman–Crippen MR) is 92.5 cm³/mol. The molecule has 0 aliphatic carbocycles. The summed E-state index contributed by atoms with van der Waals surface area (Å²) < 4.78 is 5.92. The molecule has 0 fully saturated rings. The van der Waals surface area contributed by atoms with Crippen LogP contribution in [0.2, 0.25) is 0 Å². The Morgan fingerprint density at radius 2 is 1.92 bits per heavy atom. The molecule has 0 bridgehead atoms. The Labute approximate surface area is 139 Å². The first-order valence-electron chi connectivity index (χ1n) is 7.76. The summed E-state index contributed by atoms with van der Waals surface area (Å²) in [5.74, 6) is 0.515. The fourth-order valence-electron chi connectivity index (χ4n) is 2.81. The van der Waals surface area contributed by atoms with Crippen molar-refractivity contribution >= 4 is 21.9 Å². The molecule has 0 spiro atoms. The zero-order chi connectivity index (χ0) is 16.9. The second-order valence-electron chi connectivity index (χ2n) is 6.44. The molecule has 1 N–H and O–H groups in total. The van der Waals surface area contributed by atoms with Gasteiger partial charge in [0.2, 0.25) is 5.89 Å². The molecule has 120 valence electrons. The van der Waals surface area contributed by atoms with Crippen LogP contribution in [0.15, 0.2) is 47.3 Å². The molecule has 3 heterocycles. The summed E-state index contributed by atoms with van der Waals surface area (Å²) in [5.41, 5.74) is 3.03. The fraction of sp³-hybridized carbons (Fsp3) is 0.211. The molecule has 0 unspecified atom stereocenters. The molecule has 3 aromatic heterocycles. The number of fused-ring (bicyclic) bond motifs is 2. The van der Waals surface area contributed by atoms with Gasteiger partial charge < -0.3 is 9.52 Å². The highest BCUT2D eigenvalue weighted by atomic mass is 16.3. The first-order valence-corrected chi connectivity index (χ1v) is 7.76. The van der Waals surface area contributed by atoms with Crippen molar-refractivity contribution in [3.63, 3.8) is 0 Å². The minimum Gasteiger partial charge on any atom is -0.436 e. The molecule has 0 amide bonds. The first kappa shape index (κ1) is 14.8. The number of oxazole rings is 1. The van der Waals surface area contributed by atoms with Gasteiger partial charge in [-0.05, 0) is 44.5 Å². The van der Waals surface area contributed by atoms with Crippen molar-refractivity contribution in [1.29, 1.82) is 0 Å². The lowest BCUT2D eigenvalue weighted by molar-refractivity contribution is 0.0787. The number of aliphatic hydroxyl groups is 1. The SMILES string of the molecule is Cc1ncc(-c2nc3cc(C(C)(C)O)ccc3o2)c2ccncc12. The van der Waals surface area contributed by atoms with E-state index in [0.717, 1.165) is 27.6 Å². The summed E-state index contributed by atoms with van der Waals surface area (Å²) >= 11 is 0. The van der Waals surface area contributed by atoms with Gasteiger partial charge in [-0.3, -0.25) is 9.97 Å². The van der Waals surface area contributed by atoms with Gasteiger partial charge in [0.25, 0.3) is 0 Å². The molecule has 1 aromatic carbocycles. The van der Waals surface area contributed by atoms with E-state index in [9.17, 15) is 5.11 Å². The summed E-state index contributed by atoms with van der Waals surface area (Å²) in [6.45, 7) is 5.45. The van der Waals surface area contributed by atoms with Crippen molar-refractivity contribution < 1.29 is 9.52 Å². The summed E-state index contributed by atoms with van der Waals surface area (Å²) in [6.07, 6.45) is 5.33. The maximum absolute atomic E-state index is 10.2. The molecule has 0 saturated carbocycles. The Kier molecular flexibility index (Phi) is 3.15. The third-order valence-corrected chi connectivity index (χ3v) is 4.21. The third-order valence-electron chi connectivity index (χ3n) is 4.21. The van der Waals surface area contributed by atoms with Crippen molar-refractivity contribution in [2.45, 2.75) is 26.4 Å². The number of hydrogen-bond acceptors (Lipinski definition) is 5. The number of hydrogen-bond donors (Lipinski definition) is 1. The van der Waals surface area contributed by atoms with Gasteiger partial charge in [0.1, 0.15) is 5.52 Å². The third kappa shape index (κ3) is 2.34. The van der Waals surface area contributed by atoms with E-state index in [0.29, 0.717) is 17.0 Å². The molecule has 0 atom stereocenters. The molecule has 24 heavy (non-hydrogen) atoms. The molecule has 0 radical (unpaired) electrons. The van der Waals surface area contributed by atoms with E-state index in [2.05, 4.69) is 15.0 Å². The number of pyridine rings is 2. The molecular weight excluding hydrogens is 302 g/mol. The van der Waals surface area contributed by atoms with Gasteiger partial charge in [-0.15, -0.1) is 0 Å². The van der Waals surface area contributed by atoms with Crippen LogP contribution in [0.3, 0.4) is 0 Å². The summed E-state index contributed by atoms with van der Waals surface area (Å²) in [4.78, 5) is 13.2. The van der Waals surface area contributed by atoms with Crippen LogP contribution in [0.25, 0.3) is 33.3 Å². The van der Waals surface area contributed by atoms with Crippen LogP contribution in [-0.2, 0) is 5.60 Å². The maximum atomic E-state index is 10.2. The first-order chi connectivity index (χ1) is 11.4. The number of aromatic nitrogens is 3. The van der Waals surface area contributed by atoms with Crippen LogP contribution in [0.5, 0.6) is 0 Å². The van der Waals surface area contributed by atoms with Crippen molar-refractivity contribution in [3.05, 3.63) is 54.1 Å². The van der Waals surface area contributed by atoms with Crippen molar-refractivity contribution in [2.75, 3.05) is 0 Å². The average molecular weight is 319 g/mol. The normalized spacial score (nSPS) is 12.2. The van der Waals surface area contributed by atoms with E-state index in [4.69, 9.17) is 4.42 Å². The fourth-order valence-corrected chi connectivity index (χ4v) is 2.81. The molecular formula is C19H17N3O2. The highest BCUT2D eigenvalue weighted by Crippen LogP contribution is 2.32. The molecule has 4 rings (SSSR count). The quantitative estimate of drug-likeness (QED) is 0.605. The van der Waals surface area contributed by atoms with E-state index >= 15 is 0 Å². The smallest absolute Gasteiger partial charge is 0.229 e. The van der Waals surface area contributed by atoms with Crippen molar-refractivity contribution in [3.8, 4) is 11.5 Å². The van der Waals surface area contributed by atoms with Crippen LogP contribution >= 0.6 is 0 Å². The molecule has 0 aliphatic rings. The largest absolute Gasteiger partial charge is 0.436 e. The Balaban J connectivity index is 1.93. The average Bonchev–Trinajstić information content (AvgIpc) is 2.97. The Hall–Kier alpha value is -2.79. The minimum atomic E-state index is -0.920. The summed E-state index contributed by atoms with van der Waals surface area (Å²) in [6, 6.07) is 7.49. The lowest BCUT2D eigenvalue weighted by Gasteiger charge is -2.16. The van der Waals surface area contributed by atoms with Gasteiger partial charge in [-0.1, -0.05) is 6.07 Å². The van der Waals surface area contributed by atoms with Crippen LogP contribution < -0.4 is 0 Å². The zero-order valence-corrected chi connectivity index (χ0v) is 13.7. The van der Waals surface area contributed by atoms with Gasteiger partial charge in [-0.2, -0.15) is 0 Å². The van der Waals surface area contributed by atoms with Gasteiger partial charge in [-0.25, -0.2) is 4.98 Å². The molecule has 0 saturated heterocycles. The number of nitrogens with zero attached hydrogens (tertiary/aromatic N) is 3. The van der Waals surface area contributed by atoms with E-state index in [1.807, 2.05) is 31.2 Å². The Morgan fingerprint density at radius 1 is 1.08 bits per heavy atom. The number of benzene rings is 1. The van der Waals surface area contributed by atoms with Crippen molar-refractivity contribution in [1.82, 2.24) is 15.0 Å². The Morgan fingerprint density at radius 3 is 2.71 bits per heavy atom. The van der Waals surface area contributed by atoms with Gasteiger partial charge in [0.05, 0.1) is 11.2 Å². The molecule has 4 aromatic rings. The number of rotatable bonds is 2. The van der Waals surface area contributed by atoms with E-state index in [1.165, 1.54) is 0 Å². The predicted octanol–water partition coefficient (Wildman–Crippen LogP) is 3.97. The highest BCUT2D eigenvalue weighted by molar-refractivity contribution is 5.95. The van der Waals surface area contributed by atoms with Gasteiger partial charge >= 0.3 is 0 Å². The minimum absolute atomic E-state index is 0.515. The standard InChI is InChI=1S/C19H17N3O2/c1-11-14-9-20-7-6-13(14)15(10-21-11)18-22-16-8-12(19(2,3)23)4-5-17(16)24-18/h4-10,23H,1-3H3. The maximum Gasteiger partial charge on any atom is 0.229 e. The lowest BCUT2D eigenvalue weighted by atomic mass is 9.98. The van der Waals surface area contributed by atoms with Crippen LogP contribution in [-0.4, -0.2) is 20.1 Å². The lowest BCUT2D eigenvalue weighted by Crippen LogP contribution is -2.14. The van der Waals surface area contributed by atoms with Gasteiger partial charge in [0, 0.05) is 35.1 Å². The van der Waals surface area contributed by atoms with Gasteiger partial charge in [0.15, 0.2) is 5.58 Å². The van der Waals surface area contributed by atoms with Crippen LogP contribution in [0.1, 0.15) is 25.1 Å². The zero-order valence-electron chi connectivity index (χ0n) is 13.7. The molecule has 5 heteroatoms. The Bertz CT molecular complexity index is 1060. The second-order valence-corrected chi connectivity index (χ2v) is 6.44. The number of aryl methyl sites for hydroxylation is 1. The van der Waals surface area contributed by atoms with E-state index < -0.39 is 5.60 Å². The van der Waals surface area contributed by atoms with E-state index in [1.54, 1.807) is 32.4 Å². The summed E-state index contributed by atoms with van der Waals surface area (Å²) in [5, 5.41) is 12.2. The van der Waals surface area contributed by atoms with E-state index in [-0.39, 0.29) is 0 Å². The van der Waals surface area contributed by atoms with Crippen LogP contribution in [0.4, 0.5) is 0 Å². The van der Waals surface area contributed by atoms with Crippen molar-refractivity contribution in [2.24, 2.45) is 0 Å². The molecule has 0 aliphatic heterocycles. The van der Waals surface area contributed by atoms with Crippen LogP contribution in [0, 0.1) is 6.92 Å². The summed E-state index contributed by atoms with van der Waals surface area (Å²) in [7, 11) is 0.